The molecule has 0 spiro atoms. The third kappa shape index (κ3) is 3.81. The lowest BCUT2D eigenvalue weighted by Gasteiger charge is -2.12. The number of rotatable bonds is 5. The zero-order valence-electron chi connectivity index (χ0n) is 10.6. The van der Waals surface area contributed by atoms with Crippen molar-refractivity contribution in [2.45, 2.75) is 11.7 Å². The van der Waals surface area contributed by atoms with Crippen LogP contribution in [0.1, 0.15) is 16.8 Å². The number of carbonyl (C=O) groups is 3. The predicted molar refractivity (Wildman–Crippen MR) is 83.7 cm³/mol. The fourth-order valence-corrected chi connectivity index (χ4v) is 3.45. The second kappa shape index (κ2) is 6.55. The van der Waals surface area contributed by atoms with E-state index < -0.39 is 23.7 Å². The molecule has 5 nitrogen and oxygen atoms in total. The van der Waals surface area contributed by atoms with E-state index in [2.05, 4.69) is 0 Å². The largest absolute Gasteiger partial charge is 0.480 e. The number of carbonyl (C=O) groups excluding carboxylic acids is 2. The van der Waals surface area contributed by atoms with E-state index >= 15 is 0 Å². The Morgan fingerprint density at radius 2 is 1.95 bits per heavy atom. The Labute approximate surface area is 135 Å². The Bertz CT molecular complexity index is 617. The van der Waals surface area contributed by atoms with Crippen LogP contribution in [0.4, 0.5) is 0 Å². The van der Waals surface area contributed by atoms with E-state index in [4.69, 9.17) is 28.9 Å². The Morgan fingerprint density at radius 3 is 2.52 bits per heavy atom. The van der Waals surface area contributed by atoms with Gasteiger partial charge in [0.05, 0.1) is 5.25 Å². The molecule has 0 radical (unpaired) electrons. The average molecular weight is 344 g/mol. The smallest absolute Gasteiger partial charge is 0.323 e. The molecule has 1 aliphatic heterocycles. The van der Waals surface area contributed by atoms with Gasteiger partial charge in [0.1, 0.15) is 10.9 Å². The van der Waals surface area contributed by atoms with Gasteiger partial charge in [0, 0.05) is 17.0 Å². The molecule has 0 saturated carbocycles. The molecule has 8 heteroatoms. The number of carboxylic acid groups (broad SMARTS) is 1. The number of hydrogen-bond acceptors (Lipinski definition) is 5. The fourth-order valence-electron chi connectivity index (χ4n) is 1.83. The number of aliphatic carboxylic acids is 1. The number of nitrogens with zero attached hydrogens (tertiary/aromatic N) is 1. The topological polar surface area (TPSA) is 74.7 Å². The van der Waals surface area contributed by atoms with Crippen molar-refractivity contribution in [1.82, 2.24) is 4.90 Å². The van der Waals surface area contributed by atoms with Crippen molar-refractivity contribution in [2.75, 3.05) is 6.54 Å². The van der Waals surface area contributed by atoms with E-state index in [0.717, 1.165) is 16.7 Å². The predicted octanol–water partition coefficient (Wildman–Crippen LogP) is 2.23. The number of hydrogen-bond donors (Lipinski definition) is 1. The monoisotopic (exact) mass is 343 g/mol. The van der Waals surface area contributed by atoms with Crippen LogP contribution in [0.5, 0.6) is 0 Å². The number of ketones is 1. The van der Waals surface area contributed by atoms with E-state index in [1.54, 1.807) is 24.3 Å². The maximum absolute atomic E-state index is 12.1. The fraction of sp³-hybridized carbons (Fsp3) is 0.231. The first-order valence-corrected chi connectivity index (χ1v) is 7.57. The summed E-state index contributed by atoms with van der Waals surface area (Å²) in [4.78, 5) is 35.9. The molecule has 1 aromatic carbocycles. The first kappa shape index (κ1) is 15.9. The second-order valence-corrected chi connectivity index (χ2v) is 6.60. The number of carboxylic acids is 1. The van der Waals surface area contributed by atoms with Gasteiger partial charge in [0.2, 0.25) is 5.91 Å². The van der Waals surface area contributed by atoms with Crippen LogP contribution in [0.25, 0.3) is 0 Å². The molecule has 1 amide bonds. The van der Waals surface area contributed by atoms with Crippen LogP contribution in [0, 0.1) is 0 Å². The summed E-state index contributed by atoms with van der Waals surface area (Å²) in [5, 5.41) is 8.59. The summed E-state index contributed by atoms with van der Waals surface area (Å²) in [6, 6.07) is 6.36. The van der Waals surface area contributed by atoms with E-state index in [-0.39, 0.29) is 16.5 Å². The Kier molecular flexibility index (Phi) is 4.97. The third-order valence-corrected chi connectivity index (χ3v) is 4.67. The van der Waals surface area contributed by atoms with Gasteiger partial charge in [0.15, 0.2) is 5.78 Å². The molecule has 0 aromatic heterocycles. The van der Waals surface area contributed by atoms with E-state index in [9.17, 15) is 14.4 Å². The minimum Gasteiger partial charge on any atom is -0.480 e. The maximum atomic E-state index is 12.1. The van der Waals surface area contributed by atoms with Gasteiger partial charge in [-0.15, -0.1) is 0 Å². The van der Waals surface area contributed by atoms with Crippen LogP contribution in [-0.4, -0.2) is 43.8 Å². The molecule has 1 aromatic rings. The van der Waals surface area contributed by atoms with Crippen molar-refractivity contribution in [1.29, 1.82) is 0 Å². The van der Waals surface area contributed by atoms with Crippen LogP contribution < -0.4 is 0 Å². The summed E-state index contributed by atoms with van der Waals surface area (Å²) in [5.41, 5.74) is 0.454. The van der Waals surface area contributed by atoms with Gasteiger partial charge >= 0.3 is 5.97 Å². The molecule has 110 valence electrons. The molecule has 1 saturated heterocycles. The van der Waals surface area contributed by atoms with Gasteiger partial charge in [-0.25, -0.2) is 0 Å². The van der Waals surface area contributed by atoms with Crippen LogP contribution in [-0.2, 0) is 9.59 Å². The zero-order chi connectivity index (χ0) is 15.6. The van der Waals surface area contributed by atoms with Crippen LogP contribution in [0.3, 0.4) is 0 Å². The highest BCUT2D eigenvalue weighted by molar-refractivity contribution is 8.24. The quantitative estimate of drug-likeness (QED) is 0.652. The first-order chi connectivity index (χ1) is 9.88. The number of halogens is 1. The van der Waals surface area contributed by atoms with Gasteiger partial charge < -0.3 is 5.11 Å². The van der Waals surface area contributed by atoms with Crippen LogP contribution >= 0.6 is 35.6 Å². The molecule has 1 heterocycles. The average Bonchev–Trinajstić information content (AvgIpc) is 2.67. The standard InChI is InChI=1S/C13H10ClNO4S2/c14-8-3-1-7(2-4-8)9(16)5-10-12(19)15(6-11(17)18)13(20)21-10/h1-4,10H,5-6H2,(H,17,18)/t10-/m1/s1. The van der Waals surface area contributed by atoms with Gasteiger partial charge in [-0.05, 0) is 24.3 Å². The van der Waals surface area contributed by atoms with Crippen molar-refractivity contribution < 1.29 is 19.5 Å². The highest BCUT2D eigenvalue weighted by Crippen LogP contribution is 2.30. The lowest BCUT2D eigenvalue weighted by atomic mass is 10.1. The summed E-state index contributed by atoms with van der Waals surface area (Å²) in [6.07, 6.45) is -0.0264. The summed E-state index contributed by atoms with van der Waals surface area (Å²) in [6.45, 7) is -0.476. The molecule has 21 heavy (non-hydrogen) atoms. The number of thiocarbonyl (C=S) groups is 1. The van der Waals surface area contributed by atoms with Gasteiger partial charge in [-0.1, -0.05) is 35.6 Å². The van der Waals surface area contributed by atoms with Gasteiger partial charge in [-0.3, -0.25) is 19.3 Å². The molecule has 1 fully saturated rings. The summed E-state index contributed by atoms with van der Waals surface area (Å²) < 4.78 is 0.191. The molecule has 0 unspecified atom stereocenters. The van der Waals surface area contributed by atoms with Crippen molar-refractivity contribution in [3.8, 4) is 0 Å². The number of amides is 1. The highest BCUT2D eigenvalue weighted by atomic mass is 35.5. The lowest BCUT2D eigenvalue weighted by Crippen LogP contribution is -2.36. The normalized spacial score (nSPS) is 18.1. The van der Waals surface area contributed by atoms with E-state index in [1.165, 1.54) is 0 Å². The molecular formula is C13H10ClNO4S2. The Morgan fingerprint density at radius 1 is 1.33 bits per heavy atom. The number of benzene rings is 1. The maximum Gasteiger partial charge on any atom is 0.323 e. The van der Waals surface area contributed by atoms with Crippen molar-refractivity contribution in [3.63, 3.8) is 0 Å². The SMILES string of the molecule is O=C(O)CN1C(=O)[C@@H](CC(=O)c2ccc(Cl)cc2)SC1=S. The summed E-state index contributed by atoms with van der Waals surface area (Å²) in [5.74, 6) is -1.79. The molecule has 0 bridgehead atoms. The minimum atomic E-state index is -1.14. The van der Waals surface area contributed by atoms with Crippen molar-refractivity contribution in [2.24, 2.45) is 0 Å². The molecule has 1 atom stereocenters. The third-order valence-electron chi connectivity index (χ3n) is 2.84. The highest BCUT2D eigenvalue weighted by Gasteiger charge is 2.38. The summed E-state index contributed by atoms with van der Waals surface area (Å²) in [7, 11) is 0. The van der Waals surface area contributed by atoms with E-state index in [1.807, 2.05) is 0 Å². The molecule has 2 rings (SSSR count). The number of Topliss-reactive ketones (excluding diaryl/α,β-unsaturated/α-hetero) is 1. The molecule has 0 aliphatic carbocycles. The van der Waals surface area contributed by atoms with Crippen LogP contribution in [0.2, 0.25) is 5.02 Å². The van der Waals surface area contributed by atoms with E-state index in [0.29, 0.717) is 10.6 Å². The van der Waals surface area contributed by atoms with Crippen molar-refractivity contribution >= 4 is 57.6 Å². The number of thioether (sulfide) groups is 1. The molecule has 1 aliphatic rings. The van der Waals surface area contributed by atoms with Crippen LogP contribution in [0.15, 0.2) is 24.3 Å². The molecular weight excluding hydrogens is 334 g/mol. The van der Waals surface area contributed by atoms with Gasteiger partial charge in [-0.2, -0.15) is 0 Å². The minimum absolute atomic E-state index is 0.0264. The van der Waals surface area contributed by atoms with Gasteiger partial charge in [0.25, 0.3) is 0 Å². The Hall–Kier alpha value is -1.44. The lowest BCUT2D eigenvalue weighted by molar-refractivity contribution is -0.141. The van der Waals surface area contributed by atoms with Crippen molar-refractivity contribution in [3.05, 3.63) is 34.9 Å². The zero-order valence-corrected chi connectivity index (χ0v) is 13.0. The summed E-state index contributed by atoms with van der Waals surface area (Å²) >= 11 is 11.8. The first-order valence-electron chi connectivity index (χ1n) is 5.91. The second-order valence-electron chi connectivity index (χ2n) is 4.32. The Balaban J connectivity index is 2.05. The molecule has 1 N–H and O–H groups in total.